The maximum absolute atomic E-state index is 12.1. The molecule has 2 aliphatic rings. The highest BCUT2D eigenvalue weighted by Crippen LogP contribution is 2.44. The molecule has 1 aliphatic heterocycles. The van der Waals surface area contributed by atoms with E-state index in [0.29, 0.717) is 6.42 Å². The number of carbonyl (C=O) groups excluding carboxylic acids is 3. The number of carbonyl (C=O) groups is 4. The lowest BCUT2D eigenvalue weighted by atomic mass is 9.79. The van der Waals surface area contributed by atoms with E-state index in [1.165, 1.54) is 0 Å². The third kappa shape index (κ3) is 4.03. The Labute approximate surface area is 122 Å². The van der Waals surface area contributed by atoms with Gasteiger partial charge in [-0.1, -0.05) is 12.8 Å². The van der Waals surface area contributed by atoms with Gasteiger partial charge < -0.3 is 10.4 Å². The molecule has 1 atom stereocenters. The number of hydrogen-bond acceptors (Lipinski definition) is 4. The van der Waals surface area contributed by atoms with E-state index in [1.807, 2.05) is 0 Å². The largest absolute Gasteiger partial charge is 0.481 e. The van der Waals surface area contributed by atoms with Crippen LogP contribution >= 0.6 is 0 Å². The van der Waals surface area contributed by atoms with Crippen molar-refractivity contribution >= 4 is 23.7 Å². The van der Waals surface area contributed by atoms with Crippen molar-refractivity contribution in [1.29, 1.82) is 0 Å². The fourth-order valence-corrected chi connectivity index (χ4v) is 3.28. The van der Waals surface area contributed by atoms with E-state index in [0.717, 1.165) is 25.7 Å². The Balaban J connectivity index is 1.92. The van der Waals surface area contributed by atoms with Crippen LogP contribution in [0.5, 0.6) is 0 Å². The van der Waals surface area contributed by atoms with E-state index in [4.69, 9.17) is 5.11 Å². The maximum atomic E-state index is 12.1. The number of piperidine rings is 1. The van der Waals surface area contributed by atoms with Crippen LogP contribution in [0.3, 0.4) is 0 Å². The van der Waals surface area contributed by atoms with Gasteiger partial charge >= 0.3 is 5.97 Å². The minimum Gasteiger partial charge on any atom is -0.481 e. The molecule has 7 heteroatoms. The van der Waals surface area contributed by atoms with Gasteiger partial charge in [0.1, 0.15) is 6.04 Å². The number of carboxylic acid groups (broad SMARTS) is 1. The lowest BCUT2D eigenvalue weighted by Crippen LogP contribution is -2.52. The van der Waals surface area contributed by atoms with E-state index in [-0.39, 0.29) is 31.1 Å². The number of rotatable bonds is 5. The zero-order chi connectivity index (χ0) is 15.5. The molecular weight excluding hydrogens is 276 g/mol. The van der Waals surface area contributed by atoms with Crippen LogP contribution in [0.15, 0.2) is 0 Å². The highest BCUT2D eigenvalue weighted by Gasteiger charge is 2.39. The highest BCUT2D eigenvalue weighted by atomic mass is 16.4. The average Bonchev–Trinajstić information content (AvgIpc) is 2.80. The summed E-state index contributed by atoms with van der Waals surface area (Å²) >= 11 is 0. The van der Waals surface area contributed by atoms with Gasteiger partial charge in [0, 0.05) is 12.8 Å². The Morgan fingerprint density at radius 1 is 1.24 bits per heavy atom. The molecule has 0 spiro atoms. The molecule has 0 aromatic rings. The van der Waals surface area contributed by atoms with E-state index in [2.05, 4.69) is 10.6 Å². The van der Waals surface area contributed by atoms with Crippen LogP contribution in [-0.2, 0) is 19.2 Å². The van der Waals surface area contributed by atoms with Crippen molar-refractivity contribution in [1.82, 2.24) is 10.6 Å². The Kier molecular flexibility index (Phi) is 4.59. The van der Waals surface area contributed by atoms with Crippen molar-refractivity contribution in [2.24, 2.45) is 5.41 Å². The zero-order valence-corrected chi connectivity index (χ0v) is 11.8. The first-order valence-corrected chi connectivity index (χ1v) is 7.25. The molecule has 2 rings (SSSR count). The van der Waals surface area contributed by atoms with Crippen molar-refractivity contribution in [3.8, 4) is 0 Å². The molecule has 7 nitrogen and oxygen atoms in total. The Morgan fingerprint density at radius 2 is 1.90 bits per heavy atom. The normalized spacial score (nSPS) is 24.5. The molecule has 1 unspecified atom stereocenters. The summed E-state index contributed by atoms with van der Waals surface area (Å²) in [4.78, 5) is 45.7. The number of amides is 3. The second kappa shape index (κ2) is 6.24. The molecule has 0 aromatic carbocycles. The topological polar surface area (TPSA) is 113 Å². The summed E-state index contributed by atoms with van der Waals surface area (Å²) in [6.45, 7) is 0. The van der Waals surface area contributed by atoms with Gasteiger partial charge in [0.05, 0.1) is 6.42 Å². The number of nitrogens with one attached hydrogen (secondary N) is 2. The molecule has 0 aromatic heterocycles. The second-order valence-corrected chi connectivity index (χ2v) is 6.03. The smallest absolute Gasteiger partial charge is 0.303 e. The number of aliphatic carboxylic acids is 1. The molecule has 2 fully saturated rings. The fourth-order valence-electron chi connectivity index (χ4n) is 3.28. The van der Waals surface area contributed by atoms with E-state index < -0.39 is 23.3 Å². The first-order chi connectivity index (χ1) is 9.90. The summed E-state index contributed by atoms with van der Waals surface area (Å²) in [5, 5.41) is 13.8. The lowest BCUT2D eigenvalue weighted by Gasteiger charge is -2.28. The third-order valence-electron chi connectivity index (χ3n) is 4.30. The second-order valence-electron chi connectivity index (χ2n) is 6.03. The first-order valence-electron chi connectivity index (χ1n) is 7.25. The van der Waals surface area contributed by atoms with Gasteiger partial charge in [-0.25, -0.2) is 0 Å². The van der Waals surface area contributed by atoms with Crippen molar-refractivity contribution in [2.75, 3.05) is 0 Å². The minimum absolute atomic E-state index is 0.0181. The lowest BCUT2D eigenvalue weighted by molar-refractivity contribution is -0.142. The van der Waals surface area contributed by atoms with Crippen LogP contribution in [0.25, 0.3) is 0 Å². The summed E-state index contributed by atoms with van der Waals surface area (Å²) in [7, 11) is 0. The summed E-state index contributed by atoms with van der Waals surface area (Å²) in [5.74, 6) is -2.03. The molecule has 3 N–H and O–H groups in total. The van der Waals surface area contributed by atoms with Gasteiger partial charge in [-0.05, 0) is 24.7 Å². The Hall–Kier alpha value is -1.92. The molecule has 0 radical (unpaired) electrons. The predicted molar refractivity (Wildman–Crippen MR) is 72.1 cm³/mol. The number of imide groups is 1. The summed E-state index contributed by atoms with van der Waals surface area (Å²) < 4.78 is 0. The van der Waals surface area contributed by atoms with Crippen LogP contribution in [0.4, 0.5) is 0 Å². The van der Waals surface area contributed by atoms with Gasteiger partial charge in [-0.15, -0.1) is 0 Å². The quantitative estimate of drug-likeness (QED) is 0.633. The van der Waals surface area contributed by atoms with Gasteiger partial charge in [0.25, 0.3) is 0 Å². The van der Waals surface area contributed by atoms with Crippen LogP contribution in [0, 0.1) is 5.41 Å². The number of hydrogen-bond donors (Lipinski definition) is 3. The molecule has 0 bridgehead atoms. The van der Waals surface area contributed by atoms with Gasteiger partial charge in [-0.2, -0.15) is 0 Å². The molecule has 3 amide bonds. The summed E-state index contributed by atoms with van der Waals surface area (Å²) in [6.07, 6.45) is 3.91. The van der Waals surface area contributed by atoms with Crippen LogP contribution in [0.1, 0.15) is 51.4 Å². The Bertz CT molecular complexity index is 468. The van der Waals surface area contributed by atoms with Crippen molar-refractivity contribution in [3.05, 3.63) is 0 Å². The molecular formula is C14H20N2O5. The number of carboxylic acids is 1. The van der Waals surface area contributed by atoms with Gasteiger partial charge in [0.15, 0.2) is 0 Å². The van der Waals surface area contributed by atoms with Gasteiger partial charge in [-0.3, -0.25) is 24.5 Å². The monoisotopic (exact) mass is 296 g/mol. The van der Waals surface area contributed by atoms with Gasteiger partial charge in [0.2, 0.25) is 17.7 Å². The van der Waals surface area contributed by atoms with Crippen molar-refractivity contribution in [2.45, 2.75) is 57.4 Å². The van der Waals surface area contributed by atoms with E-state index in [9.17, 15) is 19.2 Å². The zero-order valence-electron chi connectivity index (χ0n) is 11.8. The molecule has 1 heterocycles. The predicted octanol–water partition coefficient (Wildman–Crippen LogP) is 0.333. The van der Waals surface area contributed by atoms with E-state index in [1.54, 1.807) is 0 Å². The molecule has 1 saturated heterocycles. The molecule has 21 heavy (non-hydrogen) atoms. The maximum Gasteiger partial charge on any atom is 0.303 e. The van der Waals surface area contributed by atoms with Crippen LogP contribution in [-0.4, -0.2) is 34.8 Å². The van der Waals surface area contributed by atoms with Crippen molar-refractivity contribution in [3.63, 3.8) is 0 Å². The van der Waals surface area contributed by atoms with Crippen LogP contribution < -0.4 is 10.6 Å². The molecule has 1 saturated carbocycles. The summed E-state index contributed by atoms with van der Waals surface area (Å²) in [5.41, 5.74) is -0.489. The minimum atomic E-state index is -0.897. The standard InChI is InChI=1S/C14H20N2O5/c17-10-4-3-9(13(21)16-10)15-11(18)7-14(8-12(19)20)5-1-2-6-14/h9H,1-8H2,(H,15,18)(H,19,20)(H,16,17,21). The first kappa shape index (κ1) is 15.5. The molecule has 116 valence electrons. The van der Waals surface area contributed by atoms with Crippen LogP contribution in [0.2, 0.25) is 0 Å². The fraction of sp³-hybridized carbons (Fsp3) is 0.714. The SMILES string of the molecule is O=C(O)CC1(CC(=O)NC2CCC(=O)NC2=O)CCCC1. The average molecular weight is 296 g/mol. The highest BCUT2D eigenvalue weighted by molar-refractivity contribution is 6.01. The molecule has 1 aliphatic carbocycles. The van der Waals surface area contributed by atoms with Crippen molar-refractivity contribution < 1.29 is 24.3 Å². The third-order valence-corrected chi connectivity index (χ3v) is 4.30. The summed E-state index contributed by atoms with van der Waals surface area (Å²) in [6, 6.07) is -0.696. The Morgan fingerprint density at radius 3 is 2.48 bits per heavy atom. The van der Waals surface area contributed by atoms with E-state index >= 15 is 0 Å².